The second-order valence-corrected chi connectivity index (χ2v) is 1.73. The van der Waals surface area contributed by atoms with Gasteiger partial charge in [0, 0.05) is 12.2 Å². The molecule has 0 unspecified atom stereocenters. The first kappa shape index (κ1) is 5.95. The summed E-state index contributed by atoms with van der Waals surface area (Å²) >= 11 is 0. The molecule has 0 aromatic carbocycles. The summed E-state index contributed by atoms with van der Waals surface area (Å²) in [7, 11) is 0. The van der Waals surface area contributed by atoms with Crippen LogP contribution in [0.2, 0.25) is 0 Å². The molecule has 1 aliphatic carbocycles. The van der Waals surface area contributed by atoms with E-state index in [1.54, 1.807) is 12.2 Å². The molecule has 3 heteroatoms. The van der Waals surface area contributed by atoms with Gasteiger partial charge in [0.05, 0.1) is 6.10 Å². The van der Waals surface area contributed by atoms with Crippen LogP contribution in [0, 0.1) is 0 Å². The molecule has 0 heterocycles. The summed E-state index contributed by atoms with van der Waals surface area (Å²) in [5.41, 5.74) is 8.64. The highest BCUT2D eigenvalue weighted by Gasteiger charge is 2.04. The minimum absolute atomic E-state index is 0.459. The van der Waals surface area contributed by atoms with Gasteiger partial charge >= 0.3 is 5.71 Å². The Morgan fingerprint density at radius 1 is 1.44 bits per heavy atom. The smallest absolute Gasteiger partial charge is 0.314 e. The molecule has 0 saturated heterocycles. The number of hydrogen-bond donors (Lipinski definition) is 1. The Kier molecular flexibility index (Phi) is 1.58. The van der Waals surface area contributed by atoms with E-state index in [1.165, 1.54) is 12.2 Å². The Bertz CT molecular complexity index is 195. The van der Waals surface area contributed by atoms with Crippen molar-refractivity contribution < 1.29 is 9.90 Å². The van der Waals surface area contributed by atoms with Crippen LogP contribution < -0.4 is 0 Å². The monoisotopic (exact) mass is 122 g/mol. The molecule has 0 spiro atoms. The molecule has 9 heavy (non-hydrogen) atoms. The van der Waals surface area contributed by atoms with E-state index in [9.17, 15) is 0 Å². The third kappa shape index (κ3) is 1.35. The predicted octanol–water partition coefficient (Wildman–Crippen LogP) is 0.144. The maximum atomic E-state index is 8.81. The molecule has 0 fully saturated rings. The predicted molar refractivity (Wildman–Crippen MR) is 32.9 cm³/mol. The Morgan fingerprint density at radius 3 is 2.44 bits per heavy atom. The summed E-state index contributed by atoms with van der Waals surface area (Å²) < 4.78 is 0. The van der Waals surface area contributed by atoms with Crippen LogP contribution in [0.1, 0.15) is 0 Å². The Hall–Kier alpha value is -1.18. The van der Waals surface area contributed by atoms with Gasteiger partial charge in [-0.1, -0.05) is 0 Å². The summed E-state index contributed by atoms with van der Waals surface area (Å²) in [6.45, 7) is 0. The van der Waals surface area contributed by atoms with Gasteiger partial charge in [0.25, 0.3) is 0 Å². The molecule has 1 rings (SSSR count). The maximum absolute atomic E-state index is 8.81. The van der Waals surface area contributed by atoms with Crippen molar-refractivity contribution in [2.45, 2.75) is 6.10 Å². The van der Waals surface area contributed by atoms with Gasteiger partial charge in [-0.05, 0) is 12.2 Å². The van der Waals surface area contributed by atoms with Crippen LogP contribution in [0.25, 0.3) is 5.53 Å². The van der Waals surface area contributed by atoms with Crippen molar-refractivity contribution in [1.29, 1.82) is 0 Å². The molecule has 0 saturated carbocycles. The minimum Gasteiger partial charge on any atom is -0.385 e. The highest BCUT2D eigenvalue weighted by Crippen LogP contribution is 1.96. The van der Waals surface area contributed by atoms with Crippen molar-refractivity contribution in [3.63, 3.8) is 0 Å². The first-order valence-electron chi connectivity index (χ1n) is 2.59. The average Bonchev–Trinajstić information content (AvgIpc) is 1.90. The quantitative estimate of drug-likeness (QED) is 0.360. The van der Waals surface area contributed by atoms with Crippen molar-refractivity contribution >= 4 is 5.71 Å². The van der Waals surface area contributed by atoms with Gasteiger partial charge in [0.15, 0.2) is 0 Å². The number of hydrogen-bond acceptors (Lipinski definition) is 1. The van der Waals surface area contributed by atoms with Crippen molar-refractivity contribution in [2.24, 2.45) is 0 Å². The summed E-state index contributed by atoms with van der Waals surface area (Å²) in [6.07, 6.45) is 5.63. The molecule has 0 bridgehead atoms. The van der Waals surface area contributed by atoms with Gasteiger partial charge < -0.3 is 10.6 Å². The summed E-state index contributed by atoms with van der Waals surface area (Å²) in [6, 6.07) is 0. The van der Waals surface area contributed by atoms with E-state index < -0.39 is 6.10 Å². The van der Waals surface area contributed by atoms with E-state index in [-0.39, 0.29) is 0 Å². The molecule has 46 valence electrons. The van der Waals surface area contributed by atoms with E-state index in [0.717, 1.165) is 0 Å². The summed E-state index contributed by atoms with van der Waals surface area (Å²) in [4.78, 5) is 2.91. The number of rotatable bonds is 0. The first-order valence-corrected chi connectivity index (χ1v) is 2.59. The van der Waals surface area contributed by atoms with Gasteiger partial charge in [0.2, 0.25) is 0 Å². The standard InChI is InChI=1S/C6H6N2O/c7-8-5-1-3-6(9)4-2-5/h1-4,6,9H. The number of aliphatic hydroxyl groups is 1. The van der Waals surface area contributed by atoms with Crippen LogP contribution in [0.15, 0.2) is 24.3 Å². The number of aliphatic hydroxyl groups excluding tert-OH is 1. The van der Waals surface area contributed by atoms with Crippen molar-refractivity contribution in [2.75, 3.05) is 0 Å². The van der Waals surface area contributed by atoms with Crippen molar-refractivity contribution in [3.05, 3.63) is 29.8 Å². The molecule has 0 aromatic heterocycles. The fourth-order valence-corrected chi connectivity index (χ4v) is 0.581. The zero-order valence-corrected chi connectivity index (χ0v) is 4.73. The second-order valence-electron chi connectivity index (χ2n) is 1.73. The molecule has 0 aromatic rings. The lowest BCUT2D eigenvalue weighted by atomic mass is 10.1. The van der Waals surface area contributed by atoms with E-state index >= 15 is 0 Å². The fraction of sp³-hybridized carbons (Fsp3) is 0.167. The number of allylic oxidation sites excluding steroid dienone is 2. The largest absolute Gasteiger partial charge is 0.385 e. The zero-order valence-electron chi connectivity index (χ0n) is 4.73. The molecule has 1 aliphatic rings. The van der Waals surface area contributed by atoms with Gasteiger partial charge in [0.1, 0.15) is 0 Å². The lowest BCUT2D eigenvalue weighted by Crippen LogP contribution is -2.04. The molecule has 0 amide bonds. The van der Waals surface area contributed by atoms with E-state index in [4.69, 9.17) is 10.6 Å². The fourth-order valence-electron chi connectivity index (χ4n) is 0.581. The molecule has 0 aliphatic heterocycles. The Labute approximate surface area is 52.6 Å². The maximum Gasteiger partial charge on any atom is 0.314 e. The van der Waals surface area contributed by atoms with E-state index in [1.807, 2.05) is 0 Å². The zero-order chi connectivity index (χ0) is 6.69. The molecule has 0 atom stereocenters. The topological polar surface area (TPSA) is 56.6 Å². The highest BCUT2D eigenvalue weighted by atomic mass is 16.3. The normalized spacial score (nSPS) is 24.1. The van der Waals surface area contributed by atoms with Crippen LogP contribution in [-0.2, 0) is 0 Å². The van der Waals surface area contributed by atoms with Gasteiger partial charge in [-0.25, -0.2) is 0 Å². The van der Waals surface area contributed by atoms with Crippen LogP contribution in [0.4, 0.5) is 0 Å². The first-order chi connectivity index (χ1) is 4.33. The van der Waals surface area contributed by atoms with Gasteiger partial charge in [-0.2, -0.15) is 4.79 Å². The molecule has 1 N–H and O–H groups in total. The molecule has 0 radical (unpaired) electrons. The summed E-state index contributed by atoms with van der Waals surface area (Å²) in [5, 5.41) is 8.81. The van der Waals surface area contributed by atoms with Crippen molar-refractivity contribution in [3.8, 4) is 0 Å². The highest BCUT2D eigenvalue weighted by molar-refractivity contribution is 6.00. The lowest BCUT2D eigenvalue weighted by Gasteiger charge is -1.97. The molecular weight excluding hydrogens is 116 g/mol. The third-order valence-electron chi connectivity index (χ3n) is 1.04. The van der Waals surface area contributed by atoms with Crippen LogP contribution in [0.5, 0.6) is 0 Å². The van der Waals surface area contributed by atoms with Crippen LogP contribution in [0.3, 0.4) is 0 Å². The van der Waals surface area contributed by atoms with Crippen LogP contribution in [-0.4, -0.2) is 21.7 Å². The Morgan fingerprint density at radius 2 is 2.00 bits per heavy atom. The van der Waals surface area contributed by atoms with Gasteiger partial charge in [-0.3, -0.25) is 0 Å². The second kappa shape index (κ2) is 2.40. The Balaban J connectivity index is 2.82. The number of nitrogens with zero attached hydrogens (tertiary/aromatic N) is 2. The minimum atomic E-state index is -0.532. The van der Waals surface area contributed by atoms with E-state index in [2.05, 4.69) is 4.79 Å². The summed E-state index contributed by atoms with van der Waals surface area (Å²) in [5.74, 6) is 0. The van der Waals surface area contributed by atoms with E-state index in [0.29, 0.717) is 5.71 Å². The molecular formula is C6H6N2O. The SMILES string of the molecule is [N-]=[N+]=C1C=CC(O)C=C1. The average molecular weight is 122 g/mol. The lowest BCUT2D eigenvalue weighted by molar-refractivity contribution is -0.00182. The van der Waals surface area contributed by atoms with Crippen LogP contribution >= 0.6 is 0 Å². The third-order valence-corrected chi connectivity index (χ3v) is 1.04. The van der Waals surface area contributed by atoms with Crippen molar-refractivity contribution in [1.82, 2.24) is 0 Å². The molecule has 3 nitrogen and oxygen atoms in total. The van der Waals surface area contributed by atoms with Gasteiger partial charge in [-0.15, -0.1) is 0 Å².